The summed E-state index contributed by atoms with van der Waals surface area (Å²) in [5, 5.41) is 16.1. The Bertz CT molecular complexity index is 1280. The standard InChI is InChI=1S/C24H26N6O/c1-24(2)8-7-19-20(11-24)27-28-21(19)17-10-18-14-30(29-22(18)26-12-17)13-15-5-4-6-16(9-15)23(31)25-3/h4-6,9-10,12,14H,7-8,11,13H2,1-3H3,(H,25,31)(H,27,28). The summed E-state index contributed by atoms with van der Waals surface area (Å²) in [7, 11) is 1.63. The van der Waals surface area contributed by atoms with Crippen LogP contribution in [0.15, 0.2) is 42.7 Å². The van der Waals surface area contributed by atoms with Gasteiger partial charge >= 0.3 is 0 Å². The van der Waals surface area contributed by atoms with Crippen LogP contribution < -0.4 is 5.32 Å². The zero-order valence-electron chi connectivity index (χ0n) is 18.1. The molecule has 1 aromatic carbocycles. The summed E-state index contributed by atoms with van der Waals surface area (Å²) in [5.41, 5.74) is 7.27. The Morgan fingerprint density at radius 2 is 2.16 bits per heavy atom. The number of fused-ring (bicyclic) bond motifs is 2. The third kappa shape index (κ3) is 3.71. The van der Waals surface area contributed by atoms with E-state index in [1.54, 1.807) is 13.1 Å². The zero-order chi connectivity index (χ0) is 21.6. The van der Waals surface area contributed by atoms with Crippen LogP contribution in [0.4, 0.5) is 0 Å². The molecule has 0 saturated heterocycles. The van der Waals surface area contributed by atoms with Crippen LogP contribution in [-0.4, -0.2) is 37.9 Å². The van der Waals surface area contributed by atoms with Crippen molar-refractivity contribution in [3.05, 3.63) is 65.1 Å². The van der Waals surface area contributed by atoms with Crippen molar-refractivity contribution >= 4 is 16.9 Å². The van der Waals surface area contributed by atoms with Gasteiger partial charge in [0.05, 0.1) is 12.2 Å². The minimum atomic E-state index is -0.0930. The summed E-state index contributed by atoms with van der Waals surface area (Å²) >= 11 is 0. The molecule has 7 heteroatoms. The van der Waals surface area contributed by atoms with Gasteiger partial charge in [0.25, 0.3) is 5.91 Å². The lowest BCUT2D eigenvalue weighted by atomic mass is 9.76. The molecule has 0 atom stereocenters. The normalized spacial score (nSPS) is 15.1. The fraction of sp³-hybridized carbons (Fsp3) is 0.333. The minimum Gasteiger partial charge on any atom is -0.355 e. The van der Waals surface area contributed by atoms with Crippen LogP contribution in [0.2, 0.25) is 0 Å². The molecule has 4 aromatic rings. The summed E-state index contributed by atoms with van der Waals surface area (Å²) in [6.07, 6.45) is 7.09. The van der Waals surface area contributed by atoms with Crippen molar-refractivity contribution in [2.75, 3.05) is 7.05 Å². The Morgan fingerprint density at radius 3 is 3.00 bits per heavy atom. The first kappa shape index (κ1) is 19.5. The van der Waals surface area contributed by atoms with Crippen molar-refractivity contribution in [3.8, 4) is 11.3 Å². The fourth-order valence-electron chi connectivity index (χ4n) is 4.40. The maximum Gasteiger partial charge on any atom is 0.251 e. The van der Waals surface area contributed by atoms with Crippen LogP contribution in [0.5, 0.6) is 0 Å². The van der Waals surface area contributed by atoms with Gasteiger partial charge in [-0.25, -0.2) is 4.98 Å². The Labute approximate surface area is 180 Å². The number of amides is 1. The molecule has 0 radical (unpaired) electrons. The number of pyridine rings is 1. The second-order valence-electron chi connectivity index (χ2n) is 9.11. The molecule has 5 rings (SSSR count). The topological polar surface area (TPSA) is 88.5 Å². The number of nitrogens with one attached hydrogen (secondary N) is 2. The number of hydrogen-bond acceptors (Lipinski definition) is 4. The highest BCUT2D eigenvalue weighted by Crippen LogP contribution is 2.37. The van der Waals surface area contributed by atoms with Gasteiger partial charge in [-0.15, -0.1) is 0 Å². The second kappa shape index (κ2) is 7.34. The van der Waals surface area contributed by atoms with E-state index in [9.17, 15) is 4.79 Å². The number of nitrogens with zero attached hydrogens (tertiary/aromatic N) is 4. The Kier molecular flexibility index (Phi) is 4.61. The van der Waals surface area contributed by atoms with Gasteiger partial charge in [0.2, 0.25) is 0 Å². The molecule has 0 aliphatic heterocycles. The van der Waals surface area contributed by atoms with Crippen LogP contribution in [0.1, 0.15) is 47.4 Å². The number of hydrogen-bond donors (Lipinski definition) is 2. The SMILES string of the molecule is CNC(=O)c1cccc(Cn2cc3cc(-c4n[nH]c5c4CCC(C)(C)C5)cnc3n2)c1. The molecule has 0 unspecified atom stereocenters. The predicted octanol–water partition coefficient (Wildman–Crippen LogP) is 3.74. The summed E-state index contributed by atoms with van der Waals surface area (Å²) in [6, 6.07) is 9.70. The third-order valence-electron chi connectivity index (χ3n) is 6.10. The summed E-state index contributed by atoms with van der Waals surface area (Å²) in [5.74, 6) is -0.0930. The largest absolute Gasteiger partial charge is 0.355 e. The monoisotopic (exact) mass is 414 g/mol. The number of carbonyl (C=O) groups is 1. The van der Waals surface area contributed by atoms with Gasteiger partial charge in [-0.2, -0.15) is 10.2 Å². The average Bonchev–Trinajstić information content (AvgIpc) is 3.34. The van der Waals surface area contributed by atoms with Gasteiger partial charge in [0.15, 0.2) is 5.65 Å². The molecule has 1 aliphatic rings. The number of aromatic amines is 1. The van der Waals surface area contributed by atoms with E-state index in [-0.39, 0.29) is 5.91 Å². The highest BCUT2D eigenvalue weighted by Gasteiger charge is 2.29. The number of carbonyl (C=O) groups excluding carboxylic acids is 1. The van der Waals surface area contributed by atoms with E-state index in [0.29, 0.717) is 23.2 Å². The molecular formula is C24H26N6O. The van der Waals surface area contributed by atoms with Crippen LogP contribution in [-0.2, 0) is 19.4 Å². The number of benzene rings is 1. The molecule has 3 aromatic heterocycles. The van der Waals surface area contributed by atoms with Crippen LogP contribution in [0.25, 0.3) is 22.3 Å². The van der Waals surface area contributed by atoms with Crippen molar-refractivity contribution in [3.63, 3.8) is 0 Å². The molecule has 31 heavy (non-hydrogen) atoms. The van der Waals surface area contributed by atoms with E-state index in [0.717, 1.165) is 41.5 Å². The average molecular weight is 415 g/mol. The van der Waals surface area contributed by atoms with E-state index >= 15 is 0 Å². The number of rotatable bonds is 4. The number of aromatic nitrogens is 5. The van der Waals surface area contributed by atoms with Crippen LogP contribution in [0.3, 0.4) is 0 Å². The van der Waals surface area contributed by atoms with Gasteiger partial charge in [0, 0.05) is 47.2 Å². The molecular weight excluding hydrogens is 388 g/mol. The predicted molar refractivity (Wildman–Crippen MR) is 120 cm³/mol. The van der Waals surface area contributed by atoms with Gasteiger partial charge < -0.3 is 5.32 Å². The summed E-state index contributed by atoms with van der Waals surface area (Å²) < 4.78 is 1.87. The third-order valence-corrected chi connectivity index (χ3v) is 6.10. The first-order chi connectivity index (χ1) is 14.9. The van der Waals surface area contributed by atoms with E-state index in [1.807, 2.05) is 35.3 Å². The summed E-state index contributed by atoms with van der Waals surface area (Å²) in [4.78, 5) is 16.5. The maximum atomic E-state index is 11.9. The fourth-order valence-corrected chi connectivity index (χ4v) is 4.40. The number of H-pyrrole nitrogens is 1. The first-order valence-electron chi connectivity index (χ1n) is 10.6. The lowest BCUT2D eigenvalue weighted by Crippen LogP contribution is -2.21. The molecule has 0 saturated carbocycles. The lowest BCUT2D eigenvalue weighted by Gasteiger charge is -2.29. The molecule has 0 bridgehead atoms. The molecule has 1 amide bonds. The molecule has 3 heterocycles. The first-order valence-corrected chi connectivity index (χ1v) is 10.6. The highest BCUT2D eigenvalue weighted by molar-refractivity contribution is 5.94. The Balaban J connectivity index is 1.43. The van der Waals surface area contributed by atoms with Gasteiger partial charge in [-0.1, -0.05) is 26.0 Å². The maximum absolute atomic E-state index is 11.9. The molecule has 0 spiro atoms. The Morgan fingerprint density at radius 1 is 1.29 bits per heavy atom. The van der Waals surface area contributed by atoms with E-state index in [4.69, 9.17) is 0 Å². The van der Waals surface area contributed by atoms with Crippen molar-refractivity contribution in [2.45, 2.75) is 39.7 Å². The second-order valence-corrected chi connectivity index (χ2v) is 9.11. The quantitative estimate of drug-likeness (QED) is 0.532. The van der Waals surface area contributed by atoms with Gasteiger partial charge in [-0.3, -0.25) is 14.6 Å². The molecule has 2 N–H and O–H groups in total. The molecule has 0 fully saturated rings. The van der Waals surface area contributed by atoms with E-state index < -0.39 is 0 Å². The van der Waals surface area contributed by atoms with E-state index in [2.05, 4.69) is 45.5 Å². The molecule has 158 valence electrons. The van der Waals surface area contributed by atoms with Crippen molar-refractivity contribution < 1.29 is 4.79 Å². The van der Waals surface area contributed by atoms with Crippen LogP contribution in [0, 0.1) is 5.41 Å². The lowest BCUT2D eigenvalue weighted by molar-refractivity contribution is 0.0963. The smallest absolute Gasteiger partial charge is 0.251 e. The van der Waals surface area contributed by atoms with Crippen molar-refractivity contribution in [2.24, 2.45) is 5.41 Å². The van der Waals surface area contributed by atoms with Crippen molar-refractivity contribution in [1.29, 1.82) is 0 Å². The molecule has 7 nitrogen and oxygen atoms in total. The highest BCUT2D eigenvalue weighted by atomic mass is 16.1. The van der Waals surface area contributed by atoms with Gasteiger partial charge in [0.1, 0.15) is 0 Å². The summed E-state index contributed by atoms with van der Waals surface area (Å²) in [6.45, 7) is 5.19. The Hall–Kier alpha value is -3.48. The van der Waals surface area contributed by atoms with Crippen LogP contribution >= 0.6 is 0 Å². The minimum absolute atomic E-state index is 0.0930. The molecule has 1 aliphatic carbocycles. The van der Waals surface area contributed by atoms with Gasteiger partial charge in [-0.05, 0) is 48.4 Å². The van der Waals surface area contributed by atoms with E-state index in [1.165, 1.54) is 11.3 Å². The van der Waals surface area contributed by atoms with Crippen molar-refractivity contribution in [1.82, 2.24) is 30.3 Å². The zero-order valence-corrected chi connectivity index (χ0v) is 18.1.